The summed E-state index contributed by atoms with van der Waals surface area (Å²) in [6, 6.07) is 14.2. The fourth-order valence-electron chi connectivity index (χ4n) is 4.71. The fraction of sp³-hybridized carbons (Fsp3) is 0.419. The van der Waals surface area contributed by atoms with E-state index in [4.69, 9.17) is 0 Å². The van der Waals surface area contributed by atoms with E-state index in [1.807, 2.05) is 13.8 Å². The highest BCUT2D eigenvalue weighted by Gasteiger charge is 2.45. The van der Waals surface area contributed by atoms with Gasteiger partial charge in [-0.25, -0.2) is 8.78 Å². The number of benzene rings is 3. The molecule has 0 radical (unpaired) electrons. The highest BCUT2D eigenvalue weighted by atomic mass is 19.4. The van der Waals surface area contributed by atoms with Crippen molar-refractivity contribution in [3.05, 3.63) is 101 Å². The summed E-state index contributed by atoms with van der Waals surface area (Å²) in [5, 5.41) is 16.2. The van der Waals surface area contributed by atoms with Crippen molar-refractivity contribution in [2.75, 3.05) is 13.1 Å². The molecule has 0 saturated heterocycles. The van der Waals surface area contributed by atoms with Crippen molar-refractivity contribution in [2.24, 2.45) is 5.92 Å². The SMILES string of the molecule is CC(C)CNCc1cc([C@@](Cc2ccccc2)(NCC(O)CC(F)(F)F)c2cc(F)cc(OC(F)(F)C(F)F)c2)ccc1F. The number of hydrogen-bond acceptors (Lipinski definition) is 4. The van der Waals surface area contributed by atoms with E-state index in [9.17, 15) is 44.6 Å². The van der Waals surface area contributed by atoms with Crippen molar-refractivity contribution in [3.63, 3.8) is 0 Å². The fourth-order valence-corrected chi connectivity index (χ4v) is 4.71. The van der Waals surface area contributed by atoms with E-state index in [0.29, 0.717) is 18.2 Å². The molecule has 0 amide bonds. The zero-order valence-electron chi connectivity index (χ0n) is 23.9. The Labute approximate surface area is 249 Å². The molecule has 44 heavy (non-hydrogen) atoms. The van der Waals surface area contributed by atoms with Gasteiger partial charge in [-0.2, -0.15) is 30.7 Å². The van der Waals surface area contributed by atoms with Gasteiger partial charge in [0.15, 0.2) is 0 Å². The number of ether oxygens (including phenoxy) is 1. The topological polar surface area (TPSA) is 53.5 Å². The number of nitrogens with one attached hydrogen (secondary N) is 2. The van der Waals surface area contributed by atoms with Crippen molar-refractivity contribution >= 4 is 0 Å². The maximum atomic E-state index is 15.0. The van der Waals surface area contributed by atoms with Crippen LogP contribution >= 0.6 is 0 Å². The maximum absolute atomic E-state index is 15.0. The van der Waals surface area contributed by atoms with Gasteiger partial charge in [-0.3, -0.25) is 0 Å². The Bertz CT molecular complexity index is 1350. The van der Waals surface area contributed by atoms with E-state index in [1.54, 1.807) is 30.3 Å². The first kappa shape index (κ1) is 35.2. The van der Waals surface area contributed by atoms with Crippen molar-refractivity contribution in [2.45, 2.75) is 63.6 Å². The van der Waals surface area contributed by atoms with E-state index < -0.39 is 60.7 Å². The molecule has 3 N–H and O–H groups in total. The van der Waals surface area contributed by atoms with Crippen LogP contribution in [0.2, 0.25) is 0 Å². The van der Waals surface area contributed by atoms with Gasteiger partial charge in [-0.15, -0.1) is 0 Å². The van der Waals surface area contributed by atoms with Gasteiger partial charge in [0.05, 0.1) is 18.1 Å². The molecule has 3 aromatic carbocycles. The van der Waals surface area contributed by atoms with Gasteiger partial charge in [0.25, 0.3) is 0 Å². The van der Waals surface area contributed by atoms with Gasteiger partial charge < -0.3 is 20.5 Å². The Balaban J connectivity index is 2.25. The number of alkyl halides is 7. The average Bonchev–Trinajstić information content (AvgIpc) is 2.91. The molecule has 0 fully saturated rings. The van der Waals surface area contributed by atoms with E-state index >= 15 is 0 Å². The highest BCUT2D eigenvalue weighted by molar-refractivity contribution is 5.46. The van der Waals surface area contributed by atoms with E-state index in [-0.39, 0.29) is 35.6 Å². The molecule has 3 aromatic rings. The normalized spacial score (nSPS) is 14.6. The van der Waals surface area contributed by atoms with Gasteiger partial charge in [0.1, 0.15) is 17.4 Å². The van der Waals surface area contributed by atoms with Crippen LogP contribution in [0.3, 0.4) is 0 Å². The predicted octanol–water partition coefficient (Wildman–Crippen LogP) is 7.34. The summed E-state index contributed by atoms with van der Waals surface area (Å²) < 4.78 is 127. The standard InChI is InChI=1S/C31H33F9N2O2/c1-19(2)16-41-17-21-10-22(8-9-27(21)33)29(14-20-6-4-3-5-7-20,42-18-25(43)15-30(36,37)38)23-11-24(32)13-26(12-23)44-31(39,40)28(34)35/h3-13,19,25,28,41-43H,14-18H2,1-2H3/t25?,29-/m1/s1. The van der Waals surface area contributed by atoms with Crippen molar-refractivity contribution in [3.8, 4) is 5.75 Å². The Hall–Kier alpha value is -3.29. The summed E-state index contributed by atoms with van der Waals surface area (Å²) in [5.74, 6) is -2.58. The Morgan fingerprint density at radius 2 is 1.52 bits per heavy atom. The van der Waals surface area contributed by atoms with Gasteiger partial charge in [-0.1, -0.05) is 50.2 Å². The largest absolute Gasteiger partial charge is 0.461 e. The van der Waals surface area contributed by atoms with Gasteiger partial charge in [0.2, 0.25) is 0 Å². The van der Waals surface area contributed by atoms with E-state index in [0.717, 1.165) is 18.2 Å². The second-order valence-electron chi connectivity index (χ2n) is 10.9. The molecule has 0 saturated carbocycles. The van der Waals surface area contributed by atoms with Crippen molar-refractivity contribution in [1.82, 2.24) is 10.6 Å². The van der Waals surface area contributed by atoms with E-state index in [1.165, 1.54) is 12.1 Å². The Morgan fingerprint density at radius 3 is 2.14 bits per heavy atom. The van der Waals surface area contributed by atoms with Gasteiger partial charge in [0, 0.05) is 24.7 Å². The molecule has 242 valence electrons. The van der Waals surface area contributed by atoms with Crippen LogP contribution in [0.25, 0.3) is 0 Å². The Morgan fingerprint density at radius 1 is 0.841 bits per heavy atom. The molecular formula is C31H33F9N2O2. The third kappa shape index (κ3) is 9.86. The van der Waals surface area contributed by atoms with Crippen LogP contribution in [0, 0.1) is 17.6 Å². The van der Waals surface area contributed by atoms with Crippen molar-refractivity contribution < 1.29 is 49.4 Å². The van der Waals surface area contributed by atoms with E-state index in [2.05, 4.69) is 15.4 Å². The van der Waals surface area contributed by atoms with Crippen LogP contribution in [0.5, 0.6) is 5.75 Å². The van der Waals surface area contributed by atoms with Crippen LogP contribution in [0.4, 0.5) is 39.5 Å². The second-order valence-corrected chi connectivity index (χ2v) is 10.9. The summed E-state index contributed by atoms with van der Waals surface area (Å²) in [5.41, 5.74) is -1.20. The van der Waals surface area contributed by atoms with Crippen molar-refractivity contribution in [1.29, 1.82) is 0 Å². The number of aliphatic hydroxyl groups is 1. The first-order valence-corrected chi connectivity index (χ1v) is 13.7. The lowest BCUT2D eigenvalue weighted by molar-refractivity contribution is -0.253. The second kappa shape index (κ2) is 14.7. The Kier molecular flexibility index (Phi) is 11.7. The summed E-state index contributed by atoms with van der Waals surface area (Å²) in [6.45, 7) is 3.69. The predicted molar refractivity (Wildman–Crippen MR) is 147 cm³/mol. The van der Waals surface area contributed by atoms with Gasteiger partial charge >= 0.3 is 18.7 Å². The summed E-state index contributed by atoms with van der Waals surface area (Å²) in [6.07, 6.45) is -17.8. The lowest BCUT2D eigenvalue weighted by atomic mass is 9.77. The number of hydrogen-bond donors (Lipinski definition) is 3. The van der Waals surface area contributed by atoms with Crippen LogP contribution in [0.1, 0.15) is 42.5 Å². The molecule has 0 aromatic heterocycles. The first-order valence-electron chi connectivity index (χ1n) is 13.7. The minimum Gasteiger partial charge on any atom is -0.428 e. The molecule has 0 heterocycles. The minimum absolute atomic E-state index is 0.0358. The molecule has 13 heteroatoms. The summed E-state index contributed by atoms with van der Waals surface area (Å²) in [7, 11) is 0. The molecule has 0 spiro atoms. The molecule has 0 aliphatic carbocycles. The number of halogens is 9. The molecule has 2 atom stereocenters. The lowest BCUT2D eigenvalue weighted by Crippen LogP contribution is -2.49. The quantitative estimate of drug-likeness (QED) is 0.153. The minimum atomic E-state index is -4.99. The molecule has 0 bridgehead atoms. The van der Waals surface area contributed by atoms with Crippen LogP contribution in [0.15, 0.2) is 66.7 Å². The third-order valence-corrected chi connectivity index (χ3v) is 6.70. The van der Waals surface area contributed by atoms with Crippen LogP contribution in [-0.4, -0.2) is 43.0 Å². The van der Waals surface area contributed by atoms with Crippen LogP contribution < -0.4 is 15.4 Å². The molecule has 1 unspecified atom stereocenters. The summed E-state index contributed by atoms with van der Waals surface area (Å²) >= 11 is 0. The smallest absolute Gasteiger partial charge is 0.428 e. The first-order chi connectivity index (χ1) is 20.5. The maximum Gasteiger partial charge on any atom is 0.461 e. The molecule has 4 nitrogen and oxygen atoms in total. The molecular weight excluding hydrogens is 603 g/mol. The zero-order chi connectivity index (χ0) is 32.7. The molecule has 3 rings (SSSR count). The van der Waals surface area contributed by atoms with Crippen LogP contribution in [-0.2, 0) is 18.5 Å². The molecule has 0 aliphatic rings. The number of aliphatic hydroxyl groups excluding tert-OH is 1. The number of rotatable bonds is 15. The zero-order valence-corrected chi connectivity index (χ0v) is 23.9. The average molecular weight is 637 g/mol. The highest BCUT2D eigenvalue weighted by Crippen LogP contribution is 2.38. The summed E-state index contributed by atoms with van der Waals surface area (Å²) in [4.78, 5) is 0. The lowest BCUT2D eigenvalue weighted by Gasteiger charge is -2.38. The van der Waals surface area contributed by atoms with Gasteiger partial charge in [-0.05, 0) is 59.8 Å². The third-order valence-electron chi connectivity index (χ3n) is 6.70. The molecule has 0 aliphatic heterocycles. The monoisotopic (exact) mass is 636 g/mol.